The van der Waals surface area contributed by atoms with Crippen molar-refractivity contribution in [1.82, 2.24) is 0 Å². The molecule has 2 saturated carbocycles. The van der Waals surface area contributed by atoms with Crippen molar-refractivity contribution in [2.24, 2.45) is 22.7 Å². The smallest absolute Gasteiger partial charge is 0.156 e. The molecule has 194 valence electrons. The largest absolute Gasteiger partial charge is 0.393 e. The number of carbonyl (C=O) groups excluding carboxylic acids is 1. The van der Waals surface area contributed by atoms with Crippen LogP contribution >= 0.6 is 0 Å². The van der Waals surface area contributed by atoms with Gasteiger partial charge in [-0.05, 0) is 111 Å². The molecule has 1 aromatic carbocycles. The monoisotopic (exact) mass is 491 g/mol. The number of ketones is 1. The van der Waals surface area contributed by atoms with Crippen molar-refractivity contribution in [1.29, 1.82) is 0 Å². The van der Waals surface area contributed by atoms with E-state index < -0.39 is 0 Å². The average molecular weight is 492 g/mol. The minimum absolute atomic E-state index is 0.0694. The lowest BCUT2D eigenvalue weighted by atomic mass is 9.53. The number of fused-ring (bicyclic) bond motifs is 4. The Labute approximate surface area is 216 Å². The zero-order chi connectivity index (χ0) is 26.4. The molecule has 0 radical (unpaired) electrons. The molecule has 3 nitrogen and oxygen atoms in total. The van der Waals surface area contributed by atoms with Gasteiger partial charge in [0.1, 0.15) is 5.82 Å². The summed E-state index contributed by atoms with van der Waals surface area (Å²) in [7, 11) is 3.72. The van der Waals surface area contributed by atoms with Crippen molar-refractivity contribution in [2.45, 2.75) is 84.7 Å². The molecule has 0 aromatic heterocycles. The summed E-state index contributed by atoms with van der Waals surface area (Å²) < 4.78 is 14.9. The molecule has 0 spiro atoms. The topological polar surface area (TPSA) is 40.5 Å². The number of hydrogen-bond donors (Lipinski definition) is 1. The van der Waals surface area contributed by atoms with E-state index in [1.807, 2.05) is 47.0 Å². The molecule has 5 rings (SSSR count). The zero-order valence-corrected chi connectivity index (χ0v) is 22.8. The van der Waals surface area contributed by atoms with Crippen LogP contribution in [0.15, 0.2) is 41.0 Å². The van der Waals surface area contributed by atoms with Crippen LogP contribution in [-0.4, -0.2) is 31.1 Å². The molecule has 0 saturated heterocycles. The van der Waals surface area contributed by atoms with Gasteiger partial charge in [0.15, 0.2) is 5.78 Å². The number of aliphatic hydroxyl groups is 1. The van der Waals surface area contributed by atoms with E-state index in [-0.39, 0.29) is 34.5 Å². The number of halogens is 1. The van der Waals surface area contributed by atoms with Gasteiger partial charge in [-0.3, -0.25) is 4.79 Å². The summed E-state index contributed by atoms with van der Waals surface area (Å²) in [5, 5.41) is 10.9. The highest BCUT2D eigenvalue weighted by molar-refractivity contribution is 5.93. The third-order valence-electron chi connectivity index (χ3n) is 8.97. The lowest BCUT2D eigenvalue weighted by Crippen LogP contribution is -2.45. The Balaban J connectivity index is 0.000000455. The molecule has 1 aromatic rings. The fraction of sp³-hybridized carbons (Fsp3) is 0.594. The Kier molecular flexibility index (Phi) is 7.28. The van der Waals surface area contributed by atoms with Crippen LogP contribution < -0.4 is 4.90 Å². The van der Waals surface area contributed by atoms with E-state index in [0.717, 1.165) is 44.1 Å². The highest BCUT2D eigenvalue weighted by atomic mass is 19.1. The Morgan fingerprint density at radius 2 is 1.83 bits per heavy atom. The van der Waals surface area contributed by atoms with Gasteiger partial charge >= 0.3 is 0 Å². The van der Waals surface area contributed by atoms with Crippen LogP contribution in [0.4, 0.5) is 10.1 Å². The van der Waals surface area contributed by atoms with Crippen molar-refractivity contribution >= 4 is 11.5 Å². The highest BCUT2D eigenvalue weighted by Crippen LogP contribution is 2.63. The zero-order valence-electron chi connectivity index (χ0n) is 22.8. The lowest BCUT2D eigenvalue weighted by molar-refractivity contribution is -0.114. The van der Waals surface area contributed by atoms with E-state index in [1.54, 1.807) is 11.0 Å². The second-order valence-electron chi connectivity index (χ2n) is 12.7. The van der Waals surface area contributed by atoms with Crippen LogP contribution in [0.5, 0.6) is 0 Å². The number of rotatable bonds is 2. The van der Waals surface area contributed by atoms with Crippen LogP contribution in [0.1, 0.15) is 84.1 Å². The number of hydrogen-bond acceptors (Lipinski definition) is 3. The van der Waals surface area contributed by atoms with Crippen molar-refractivity contribution in [3.8, 4) is 12.3 Å². The minimum atomic E-state index is -0.285. The van der Waals surface area contributed by atoms with E-state index in [2.05, 4.69) is 18.9 Å². The van der Waals surface area contributed by atoms with Crippen molar-refractivity contribution in [3.05, 3.63) is 52.4 Å². The molecular weight excluding hydrogens is 449 g/mol. The van der Waals surface area contributed by atoms with Gasteiger partial charge in [0.25, 0.3) is 0 Å². The number of carbonyl (C=O) groups is 1. The van der Waals surface area contributed by atoms with Gasteiger partial charge in [0.05, 0.1) is 11.8 Å². The maximum absolute atomic E-state index is 14.9. The van der Waals surface area contributed by atoms with Crippen LogP contribution in [0, 0.1) is 40.8 Å². The standard InChI is InChI=1S/C26H32FNO2.C6H10/c1-26-14-20(16-5-10-23(28(2)3)22(27)13-16)25-18-8-6-17(29)12-15(18)4-7-19(25)21(26)9-11-24(26)30;1-5-6(2,3)4/h5,10,12-13,19-21,24,30H,4,6-9,11,14H2,1-3H3;1H,2-4H3. The van der Waals surface area contributed by atoms with Gasteiger partial charge in [0.2, 0.25) is 0 Å². The Morgan fingerprint density at radius 1 is 1.14 bits per heavy atom. The first-order valence-corrected chi connectivity index (χ1v) is 13.4. The molecule has 5 unspecified atom stereocenters. The molecule has 4 heteroatoms. The Hall–Kier alpha value is -2.38. The van der Waals surface area contributed by atoms with Crippen LogP contribution in [0.25, 0.3) is 0 Å². The van der Waals surface area contributed by atoms with E-state index in [1.165, 1.54) is 16.7 Å². The molecule has 4 aliphatic rings. The average Bonchev–Trinajstić information content (AvgIpc) is 3.12. The number of aliphatic hydroxyl groups excluding tert-OH is 1. The van der Waals surface area contributed by atoms with Crippen LogP contribution in [0.2, 0.25) is 0 Å². The third kappa shape index (κ3) is 4.92. The Bertz CT molecular complexity index is 1130. The van der Waals surface area contributed by atoms with Crippen molar-refractivity contribution in [3.63, 3.8) is 0 Å². The first-order chi connectivity index (χ1) is 16.9. The Morgan fingerprint density at radius 3 is 2.44 bits per heavy atom. The predicted octanol–water partition coefficient (Wildman–Crippen LogP) is 6.82. The predicted molar refractivity (Wildman–Crippen MR) is 145 cm³/mol. The van der Waals surface area contributed by atoms with Crippen molar-refractivity contribution < 1.29 is 14.3 Å². The normalized spacial score (nSPS) is 31.3. The van der Waals surface area contributed by atoms with Gasteiger partial charge in [-0.15, -0.1) is 12.3 Å². The molecule has 0 aliphatic heterocycles. The SMILES string of the molecule is C#CC(C)(C)C.CN(C)c1ccc(C2CC3(C)C(O)CCC3C3CCC4=CC(=O)CCC4=C23)cc1F. The summed E-state index contributed by atoms with van der Waals surface area (Å²) in [6, 6.07) is 5.67. The molecule has 2 fully saturated rings. The van der Waals surface area contributed by atoms with E-state index in [4.69, 9.17) is 6.42 Å². The highest BCUT2D eigenvalue weighted by Gasteiger charge is 2.56. The van der Waals surface area contributed by atoms with Crippen LogP contribution in [0.3, 0.4) is 0 Å². The summed E-state index contributed by atoms with van der Waals surface area (Å²) in [6.45, 7) is 8.27. The number of allylic oxidation sites excluding steroid dienone is 4. The number of anilines is 1. The van der Waals surface area contributed by atoms with Gasteiger partial charge in [0, 0.05) is 31.8 Å². The molecule has 1 N–H and O–H groups in total. The molecule has 0 heterocycles. The lowest BCUT2D eigenvalue weighted by Gasteiger charge is -2.52. The fourth-order valence-electron chi connectivity index (χ4n) is 7.03. The maximum atomic E-state index is 14.9. The summed E-state index contributed by atoms with van der Waals surface area (Å²) in [6.07, 6.45) is 12.8. The second kappa shape index (κ2) is 9.82. The fourth-order valence-corrected chi connectivity index (χ4v) is 7.03. The first kappa shape index (κ1) is 26.7. The number of benzene rings is 1. The number of terminal acetylenes is 1. The van der Waals surface area contributed by atoms with Gasteiger partial charge in [-0.1, -0.05) is 18.6 Å². The summed E-state index contributed by atoms with van der Waals surface area (Å²) in [4.78, 5) is 13.9. The molecule has 0 amide bonds. The molecule has 0 bridgehead atoms. The van der Waals surface area contributed by atoms with E-state index in [9.17, 15) is 14.3 Å². The third-order valence-corrected chi connectivity index (χ3v) is 8.97. The maximum Gasteiger partial charge on any atom is 0.156 e. The first-order valence-electron chi connectivity index (χ1n) is 13.4. The molecule has 4 aliphatic carbocycles. The summed E-state index contributed by atoms with van der Waals surface area (Å²) in [5.74, 6) is 3.68. The van der Waals surface area contributed by atoms with E-state index >= 15 is 0 Å². The molecular formula is C32H42FNO2. The summed E-state index contributed by atoms with van der Waals surface area (Å²) in [5.41, 5.74) is 5.60. The quantitative estimate of drug-likeness (QED) is 0.462. The summed E-state index contributed by atoms with van der Waals surface area (Å²) >= 11 is 0. The minimum Gasteiger partial charge on any atom is -0.393 e. The molecule has 36 heavy (non-hydrogen) atoms. The van der Waals surface area contributed by atoms with Crippen LogP contribution in [-0.2, 0) is 4.79 Å². The van der Waals surface area contributed by atoms with Gasteiger partial charge < -0.3 is 10.0 Å². The van der Waals surface area contributed by atoms with Crippen molar-refractivity contribution in [2.75, 3.05) is 19.0 Å². The molecule has 5 atom stereocenters. The second-order valence-corrected chi connectivity index (χ2v) is 12.7. The van der Waals surface area contributed by atoms with E-state index in [0.29, 0.717) is 23.9 Å². The van der Waals surface area contributed by atoms with Gasteiger partial charge in [-0.25, -0.2) is 4.39 Å². The van der Waals surface area contributed by atoms with Gasteiger partial charge in [-0.2, -0.15) is 0 Å². The number of nitrogens with zero attached hydrogens (tertiary/aromatic N) is 1.